The molecule has 7 heteroatoms. The van der Waals surface area contributed by atoms with Crippen molar-refractivity contribution < 1.29 is 14.7 Å². The van der Waals surface area contributed by atoms with Gasteiger partial charge in [0.05, 0.1) is 5.92 Å². The van der Waals surface area contributed by atoms with Gasteiger partial charge in [-0.1, -0.05) is 23.7 Å². The van der Waals surface area contributed by atoms with Crippen molar-refractivity contribution >= 4 is 34.8 Å². The van der Waals surface area contributed by atoms with Crippen molar-refractivity contribution in [3.8, 4) is 10.6 Å². The molecule has 0 saturated carbocycles. The molecule has 0 spiro atoms. The van der Waals surface area contributed by atoms with Crippen LogP contribution in [0.1, 0.15) is 23.3 Å². The van der Waals surface area contributed by atoms with Crippen LogP contribution in [0.5, 0.6) is 0 Å². The molecular weight excluding hydrogens is 336 g/mol. The van der Waals surface area contributed by atoms with E-state index in [1.165, 1.54) is 11.3 Å². The molecular formula is C16H15ClN2O3S. The Morgan fingerprint density at radius 2 is 2.04 bits per heavy atom. The maximum absolute atomic E-state index is 12.5. The number of nitrogens with zero attached hydrogens (tertiary/aromatic N) is 2. The van der Waals surface area contributed by atoms with E-state index >= 15 is 0 Å². The molecule has 0 aliphatic carbocycles. The fraction of sp³-hybridized carbons (Fsp3) is 0.312. The molecule has 0 bridgehead atoms. The Bertz CT molecular complexity index is 729. The van der Waals surface area contributed by atoms with Crippen molar-refractivity contribution in [3.05, 3.63) is 40.4 Å². The molecule has 1 aromatic heterocycles. The van der Waals surface area contributed by atoms with Crippen LogP contribution in [0.25, 0.3) is 10.6 Å². The number of hydrogen-bond donors (Lipinski definition) is 1. The van der Waals surface area contributed by atoms with E-state index in [2.05, 4.69) is 4.98 Å². The number of carboxylic acid groups (broad SMARTS) is 1. The van der Waals surface area contributed by atoms with Crippen LogP contribution in [0.15, 0.2) is 29.6 Å². The van der Waals surface area contributed by atoms with Crippen LogP contribution in [0.2, 0.25) is 5.02 Å². The molecule has 2 aromatic rings. The maximum atomic E-state index is 12.5. The zero-order valence-corrected chi connectivity index (χ0v) is 13.8. The zero-order valence-electron chi connectivity index (χ0n) is 12.2. The Morgan fingerprint density at radius 1 is 1.30 bits per heavy atom. The standard InChI is InChI=1S/C16H15ClN2O3S/c17-12-5-3-10(4-6-12)14-18-13(9-23-14)15(20)19-7-1-2-11(8-19)16(21)22/h3-6,9,11H,1-2,7-8H2,(H,21,22). The number of piperidine rings is 1. The number of carbonyl (C=O) groups is 2. The van der Waals surface area contributed by atoms with Gasteiger partial charge in [0.2, 0.25) is 0 Å². The predicted octanol–water partition coefficient (Wildman–Crippen LogP) is 3.40. The number of aliphatic carboxylic acids is 1. The van der Waals surface area contributed by atoms with Gasteiger partial charge >= 0.3 is 5.97 Å². The first kappa shape index (κ1) is 16.0. The number of carbonyl (C=O) groups excluding carboxylic acids is 1. The summed E-state index contributed by atoms with van der Waals surface area (Å²) >= 11 is 7.26. The van der Waals surface area contributed by atoms with E-state index < -0.39 is 11.9 Å². The average Bonchev–Trinajstić information content (AvgIpc) is 3.05. The molecule has 1 amide bonds. The van der Waals surface area contributed by atoms with Crippen LogP contribution >= 0.6 is 22.9 Å². The van der Waals surface area contributed by atoms with E-state index in [4.69, 9.17) is 16.7 Å². The normalized spacial score (nSPS) is 18.0. The lowest BCUT2D eigenvalue weighted by Gasteiger charge is -2.30. The number of benzene rings is 1. The van der Waals surface area contributed by atoms with E-state index in [1.54, 1.807) is 22.4 Å². The second-order valence-electron chi connectivity index (χ2n) is 5.47. The summed E-state index contributed by atoms with van der Waals surface area (Å²) in [4.78, 5) is 29.6. The van der Waals surface area contributed by atoms with Crippen molar-refractivity contribution in [2.45, 2.75) is 12.8 Å². The smallest absolute Gasteiger partial charge is 0.308 e. The highest BCUT2D eigenvalue weighted by Gasteiger charge is 2.29. The van der Waals surface area contributed by atoms with Crippen molar-refractivity contribution in [1.82, 2.24) is 9.88 Å². The number of rotatable bonds is 3. The fourth-order valence-corrected chi connectivity index (χ4v) is 3.55. The van der Waals surface area contributed by atoms with Crippen LogP contribution in [0, 0.1) is 5.92 Å². The summed E-state index contributed by atoms with van der Waals surface area (Å²) in [6.45, 7) is 0.832. The van der Waals surface area contributed by atoms with Crippen LogP contribution in [0.4, 0.5) is 0 Å². The lowest BCUT2D eigenvalue weighted by Crippen LogP contribution is -2.42. The summed E-state index contributed by atoms with van der Waals surface area (Å²) in [5.74, 6) is -1.53. The molecule has 120 valence electrons. The van der Waals surface area contributed by atoms with Crippen molar-refractivity contribution in [1.29, 1.82) is 0 Å². The van der Waals surface area contributed by atoms with Gasteiger partial charge in [-0.3, -0.25) is 9.59 Å². The van der Waals surface area contributed by atoms with Crippen LogP contribution in [-0.2, 0) is 4.79 Å². The third-order valence-electron chi connectivity index (χ3n) is 3.87. The molecule has 23 heavy (non-hydrogen) atoms. The number of carboxylic acids is 1. The van der Waals surface area contributed by atoms with Gasteiger partial charge < -0.3 is 10.0 Å². The summed E-state index contributed by atoms with van der Waals surface area (Å²) in [6.07, 6.45) is 1.32. The van der Waals surface area contributed by atoms with E-state index in [-0.39, 0.29) is 12.5 Å². The first-order chi connectivity index (χ1) is 11.0. The Balaban J connectivity index is 1.75. The highest BCUT2D eigenvalue weighted by molar-refractivity contribution is 7.13. The van der Waals surface area contributed by atoms with Crippen LogP contribution in [0.3, 0.4) is 0 Å². The van der Waals surface area contributed by atoms with E-state index in [0.717, 1.165) is 10.6 Å². The summed E-state index contributed by atoms with van der Waals surface area (Å²) in [6, 6.07) is 7.28. The molecule has 1 aromatic carbocycles. The van der Waals surface area contributed by atoms with Crippen molar-refractivity contribution in [3.63, 3.8) is 0 Å². The number of likely N-dealkylation sites (tertiary alicyclic amines) is 1. The van der Waals surface area contributed by atoms with Crippen LogP contribution in [-0.4, -0.2) is 40.0 Å². The lowest BCUT2D eigenvalue weighted by atomic mass is 9.98. The van der Waals surface area contributed by atoms with Crippen molar-refractivity contribution in [2.24, 2.45) is 5.92 Å². The van der Waals surface area contributed by atoms with Gasteiger partial charge in [-0.25, -0.2) is 4.98 Å². The third-order valence-corrected chi connectivity index (χ3v) is 5.02. The minimum absolute atomic E-state index is 0.201. The number of hydrogen-bond acceptors (Lipinski definition) is 4. The Kier molecular flexibility index (Phi) is 4.63. The number of halogens is 1. The molecule has 1 N–H and O–H groups in total. The molecule has 1 aliphatic rings. The molecule has 1 unspecified atom stereocenters. The minimum Gasteiger partial charge on any atom is -0.481 e. The van der Waals surface area contributed by atoms with E-state index in [0.29, 0.717) is 30.1 Å². The highest BCUT2D eigenvalue weighted by Crippen LogP contribution is 2.26. The number of aromatic nitrogens is 1. The van der Waals surface area contributed by atoms with Gasteiger partial charge in [0.25, 0.3) is 5.91 Å². The molecule has 5 nitrogen and oxygen atoms in total. The Morgan fingerprint density at radius 3 is 2.74 bits per heavy atom. The number of amides is 1. The van der Waals surface area contributed by atoms with Gasteiger partial charge in [-0.2, -0.15) is 0 Å². The zero-order chi connectivity index (χ0) is 16.4. The molecule has 1 aliphatic heterocycles. The van der Waals surface area contributed by atoms with Gasteiger partial charge in [-0.05, 0) is 25.0 Å². The van der Waals surface area contributed by atoms with Crippen molar-refractivity contribution in [2.75, 3.05) is 13.1 Å². The molecule has 1 atom stereocenters. The van der Waals surface area contributed by atoms with E-state index in [1.807, 2.05) is 12.1 Å². The van der Waals surface area contributed by atoms with Gasteiger partial charge in [0.15, 0.2) is 0 Å². The Hall–Kier alpha value is -1.92. The van der Waals surface area contributed by atoms with Gasteiger partial charge in [0, 0.05) is 29.1 Å². The topological polar surface area (TPSA) is 70.5 Å². The quantitative estimate of drug-likeness (QED) is 0.921. The molecule has 0 radical (unpaired) electrons. The first-order valence-corrected chi connectivity index (χ1v) is 8.54. The second kappa shape index (κ2) is 6.68. The third kappa shape index (κ3) is 3.54. The largest absolute Gasteiger partial charge is 0.481 e. The second-order valence-corrected chi connectivity index (χ2v) is 6.77. The predicted molar refractivity (Wildman–Crippen MR) is 88.8 cm³/mol. The monoisotopic (exact) mass is 350 g/mol. The van der Waals surface area contributed by atoms with Gasteiger partial charge in [-0.15, -0.1) is 11.3 Å². The number of thiazole rings is 1. The maximum Gasteiger partial charge on any atom is 0.308 e. The summed E-state index contributed by atoms with van der Waals surface area (Å²) in [7, 11) is 0. The highest BCUT2D eigenvalue weighted by atomic mass is 35.5. The summed E-state index contributed by atoms with van der Waals surface area (Å²) < 4.78 is 0. The van der Waals surface area contributed by atoms with Crippen LogP contribution < -0.4 is 0 Å². The minimum atomic E-state index is -0.845. The average molecular weight is 351 g/mol. The van der Waals surface area contributed by atoms with Gasteiger partial charge in [0.1, 0.15) is 10.7 Å². The summed E-state index contributed by atoms with van der Waals surface area (Å²) in [5.41, 5.74) is 1.27. The lowest BCUT2D eigenvalue weighted by molar-refractivity contribution is -0.143. The fourth-order valence-electron chi connectivity index (χ4n) is 2.62. The Labute approximate surface area is 142 Å². The molecule has 1 fully saturated rings. The molecule has 3 rings (SSSR count). The SMILES string of the molecule is O=C(O)C1CCCN(C(=O)c2csc(-c3ccc(Cl)cc3)n2)C1. The molecule has 2 heterocycles. The van der Waals surface area contributed by atoms with E-state index in [9.17, 15) is 9.59 Å². The molecule has 1 saturated heterocycles. The summed E-state index contributed by atoms with van der Waals surface area (Å²) in [5, 5.41) is 12.2. The first-order valence-electron chi connectivity index (χ1n) is 7.28.